The lowest BCUT2D eigenvalue weighted by molar-refractivity contribution is 0.356. The van der Waals surface area contributed by atoms with Crippen LogP contribution in [0.25, 0.3) is 5.52 Å². The van der Waals surface area contributed by atoms with Gasteiger partial charge in [-0.3, -0.25) is 9.69 Å². The smallest absolute Gasteiger partial charge is 0.276 e. The summed E-state index contributed by atoms with van der Waals surface area (Å²) in [4.78, 5) is 22.8. The minimum atomic E-state index is -0.0918. The molecular formula is C23H35N5O. The van der Waals surface area contributed by atoms with Crippen molar-refractivity contribution in [3.63, 3.8) is 0 Å². The summed E-state index contributed by atoms with van der Waals surface area (Å²) in [5.74, 6) is 2.66. The number of H-pyrrole nitrogens is 1. The Balaban J connectivity index is 1.89. The summed E-state index contributed by atoms with van der Waals surface area (Å²) in [6, 6.07) is 0. The highest BCUT2D eigenvalue weighted by molar-refractivity contribution is 5.42. The van der Waals surface area contributed by atoms with E-state index in [9.17, 15) is 4.79 Å². The van der Waals surface area contributed by atoms with Crippen LogP contribution in [0.5, 0.6) is 0 Å². The van der Waals surface area contributed by atoms with E-state index >= 15 is 0 Å². The van der Waals surface area contributed by atoms with Gasteiger partial charge in [0.2, 0.25) is 0 Å². The minimum Gasteiger partial charge on any atom is -0.307 e. The number of aromatic nitrogens is 4. The van der Waals surface area contributed by atoms with Crippen LogP contribution in [0.1, 0.15) is 77.4 Å². The average molecular weight is 398 g/mol. The second-order valence-electron chi connectivity index (χ2n) is 8.23. The van der Waals surface area contributed by atoms with Crippen molar-refractivity contribution < 1.29 is 0 Å². The summed E-state index contributed by atoms with van der Waals surface area (Å²) in [6.07, 6.45) is 11.3. The van der Waals surface area contributed by atoms with Crippen LogP contribution < -0.4 is 5.56 Å². The minimum absolute atomic E-state index is 0.0918. The first kappa shape index (κ1) is 21.5. The van der Waals surface area contributed by atoms with E-state index in [1.807, 2.05) is 0 Å². The van der Waals surface area contributed by atoms with Gasteiger partial charge in [0.1, 0.15) is 11.6 Å². The molecule has 2 unspecified atom stereocenters. The quantitative estimate of drug-likeness (QED) is 0.676. The molecule has 0 saturated carbocycles. The SMILES string of the molecule is C/C=C\C(=C/CC)CN1CC(C)C(c2nn3c(C(CC)CC)ncc3c(=O)[nH]2)C1. The summed E-state index contributed by atoms with van der Waals surface area (Å²) in [6.45, 7) is 13.7. The van der Waals surface area contributed by atoms with Gasteiger partial charge in [-0.25, -0.2) is 9.50 Å². The molecule has 0 spiro atoms. The Kier molecular flexibility index (Phi) is 7.06. The molecule has 2 aromatic rings. The molecule has 2 aromatic heterocycles. The molecule has 0 bridgehead atoms. The van der Waals surface area contributed by atoms with Crippen molar-refractivity contribution in [2.24, 2.45) is 5.92 Å². The van der Waals surface area contributed by atoms with Gasteiger partial charge in [-0.05, 0) is 37.7 Å². The maximum Gasteiger partial charge on any atom is 0.276 e. The van der Waals surface area contributed by atoms with Crippen LogP contribution in [0.4, 0.5) is 0 Å². The van der Waals surface area contributed by atoms with Gasteiger partial charge in [0.05, 0.1) is 6.20 Å². The number of nitrogens with one attached hydrogen (secondary N) is 1. The Labute approximate surface area is 173 Å². The van der Waals surface area contributed by atoms with Gasteiger partial charge in [0, 0.05) is 31.5 Å². The molecule has 6 heteroatoms. The number of rotatable bonds is 8. The van der Waals surface area contributed by atoms with Gasteiger partial charge in [-0.15, -0.1) is 0 Å². The van der Waals surface area contributed by atoms with E-state index in [0.717, 1.165) is 50.5 Å². The highest BCUT2D eigenvalue weighted by atomic mass is 16.1. The normalized spacial score (nSPS) is 21.2. The molecule has 158 valence electrons. The van der Waals surface area contributed by atoms with Crippen LogP contribution in [0.15, 0.2) is 34.8 Å². The topological polar surface area (TPSA) is 66.3 Å². The zero-order chi connectivity index (χ0) is 21.0. The van der Waals surface area contributed by atoms with Crippen molar-refractivity contribution in [3.05, 3.63) is 52.0 Å². The number of likely N-dealkylation sites (tertiary alicyclic amines) is 1. The molecule has 0 aliphatic carbocycles. The maximum atomic E-state index is 12.7. The van der Waals surface area contributed by atoms with Gasteiger partial charge in [0.15, 0.2) is 5.52 Å². The van der Waals surface area contributed by atoms with Crippen molar-refractivity contribution in [2.45, 2.75) is 65.7 Å². The fourth-order valence-electron chi connectivity index (χ4n) is 4.50. The highest BCUT2D eigenvalue weighted by Gasteiger charge is 2.33. The zero-order valence-corrected chi connectivity index (χ0v) is 18.5. The second kappa shape index (κ2) is 9.53. The van der Waals surface area contributed by atoms with Crippen LogP contribution in [0, 0.1) is 5.92 Å². The molecule has 1 saturated heterocycles. The molecule has 6 nitrogen and oxygen atoms in total. The molecule has 2 atom stereocenters. The fraction of sp³-hybridized carbons (Fsp3) is 0.609. The van der Waals surface area contributed by atoms with E-state index < -0.39 is 0 Å². The number of fused-ring (bicyclic) bond motifs is 1. The largest absolute Gasteiger partial charge is 0.307 e. The Bertz CT molecular complexity index is 934. The summed E-state index contributed by atoms with van der Waals surface area (Å²) in [7, 11) is 0. The van der Waals surface area contributed by atoms with Crippen molar-refractivity contribution in [2.75, 3.05) is 19.6 Å². The number of allylic oxidation sites excluding steroid dienone is 2. The lowest BCUT2D eigenvalue weighted by Gasteiger charge is -2.17. The summed E-state index contributed by atoms with van der Waals surface area (Å²) >= 11 is 0. The highest BCUT2D eigenvalue weighted by Crippen LogP contribution is 2.31. The van der Waals surface area contributed by atoms with Crippen molar-refractivity contribution in [1.29, 1.82) is 0 Å². The maximum absolute atomic E-state index is 12.7. The van der Waals surface area contributed by atoms with Crippen LogP contribution in [-0.4, -0.2) is 44.1 Å². The molecule has 0 amide bonds. The van der Waals surface area contributed by atoms with Gasteiger partial charge in [0.25, 0.3) is 5.56 Å². The molecule has 1 N–H and O–H groups in total. The number of hydrogen-bond donors (Lipinski definition) is 1. The number of hydrogen-bond acceptors (Lipinski definition) is 4. The molecule has 1 aliphatic rings. The van der Waals surface area contributed by atoms with Gasteiger partial charge in [-0.1, -0.05) is 45.9 Å². The Morgan fingerprint density at radius 2 is 2.07 bits per heavy atom. The molecule has 1 fully saturated rings. The molecular weight excluding hydrogens is 362 g/mol. The summed E-state index contributed by atoms with van der Waals surface area (Å²) < 4.78 is 1.80. The number of nitrogens with zero attached hydrogens (tertiary/aromatic N) is 4. The first-order valence-electron chi connectivity index (χ1n) is 11.0. The number of aromatic amines is 1. The summed E-state index contributed by atoms with van der Waals surface area (Å²) in [5.41, 5.74) is 1.80. The van der Waals surface area contributed by atoms with Crippen molar-refractivity contribution in [1.82, 2.24) is 24.5 Å². The van der Waals surface area contributed by atoms with Gasteiger partial charge < -0.3 is 4.98 Å². The van der Waals surface area contributed by atoms with E-state index in [0.29, 0.717) is 17.4 Å². The van der Waals surface area contributed by atoms with Crippen LogP contribution in [0.3, 0.4) is 0 Å². The van der Waals surface area contributed by atoms with E-state index in [4.69, 9.17) is 5.10 Å². The first-order chi connectivity index (χ1) is 14.0. The molecule has 1 aliphatic heterocycles. The van der Waals surface area contributed by atoms with Crippen LogP contribution >= 0.6 is 0 Å². The fourth-order valence-corrected chi connectivity index (χ4v) is 4.50. The Hall–Kier alpha value is -2.21. The predicted molar refractivity (Wildman–Crippen MR) is 118 cm³/mol. The van der Waals surface area contributed by atoms with Crippen LogP contribution in [0.2, 0.25) is 0 Å². The van der Waals surface area contributed by atoms with Crippen molar-refractivity contribution >= 4 is 5.52 Å². The second-order valence-corrected chi connectivity index (χ2v) is 8.23. The molecule has 3 rings (SSSR count). The zero-order valence-electron chi connectivity index (χ0n) is 18.5. The van der Waals surface area contributed by atoms with Crippen molar-refractivity contribution in [3.8, 4) is 0 Å². The summed E-state index contributed by atoms with van der Waals surface area (Å²) in [5, 5.41) is 4.87. The standard InChI is InChI=1S/C23H35N5O/c1-6-10-17(11-7-2)14-27-13-16(5)19(15-27)21-25-23(29)20-12-24-22(28(20)26-21)18(8-3)9-4/h6,10-12,16,18-19H,7-9,13-15H2,1-5H3,(H,25,26,29)/b10-6-,17-11+. The Morgan fingerprint density at radius 1 is 1.31 bits per heavy atom. The molecule has 0 radical (unpaired) electrons. The molecule has 0 aromatic carbocycles. The van der Waals surface area contributed by atoms with Gasteiger partial charge in [-0.2, -0.15) is 5.10 Å². The van der Waals surface area contributed by atoms with E-state index in [1.165, 1.54) is 5.57 Å². The third-order valence-electron chi connectivity index (χ3n) is 6.09. The van der Waals surface area contributed by atoms with E-state index in [1.54, 1.807) is 10.7 Å². The lowest BCUT2D eigenvalue weighted by atomic mass is 9.97. The lowest BCUT2D eigenvalue weighted by Crippen LogP contribution is -2.24. The monoisotopic (exact) mass is 397 g/mol. The first-order valence-corrected chi connectivity index (χ1v) is 11.0. The molecule has 3 heterocycles. The third kappa shape index (κ3) is 4.53. The average Bonchev–Trinajstić information content (AvgIpc) is 3.27. The predicted octanol–water partition coefficient (Wildman–Crippen LogP) is 4.27. The van der Waals surface area contributed by atoms with Gasteiger partial charge >= 0.3 is 0 Å². The Morgan fingerprint density at radius 3 is 2.72 bits per heavy atom. The molecule has 29 heavy (non-hydrogen) atoms. The number of imidazole rings is 1. The third-order valence-corrected chi connectivity index (χ3v) is 6.09. The van der Waals surface area contributed by atoms with E-state index in [-0.39, 0.29) is 11.5 Å². The van der Waals surface area contributed by atoms with Crippen LogP contribution in [-0.2, 0) is 0 Å². The van der Waals surface area contributed by atoms with E-state index in [2.05, 4.69) is 67.7 Å².